The number of para-hydroxylation sites is 1. The lowest BCUT2D eigenvalue weighted by Crippen LogP contribution is -1.86. The van der Waals surface area contributed by atoms with Gasteiger partial charge in [-0.1, -0.05) is 96.0 Å². The molecule has 0 saturated heterocycles. The molecule has 1 aromatic heterocycles. The van der Waals surface area contributed by atoms with E-state index in [0.717, 1.165) is 39.6 Å². The average Bonchev–Trinajstić information content (AvgIpc) is 3.28. The van der Waals surface area contributed by atoms with Crippen LogP contribution in [0.4, 0.5) is 0 Å². The molecular formula is C27H18Cl2N2O. The van der Waals surface area contributed by atoms with E-state index in [2.05, 4.69) is 4.98 Å². The molecule has 0 unspecified atom stereocenters. The molecule has 0 atom stereocenters. The summed E-state index contributed by atoms with van der Waals surface area (Å²) < 4.78 is 6.00. The second-order valence-corrected chi connectivity index (χ2v) is 8.00. The van der Waals surface area contributed by atoms with E-state index in [9.17, 15) is 0 Å². The fraction of sp³-hybridized carbons (Fsp3) is 0. The molecule has 0 aliphatic rings. The van der Waals surface area contributed by atoms with Gasteiger partial charge in [0.05, 0.1) is 21.4 Å². The van der Waals surface area contributed by atoms with Gasteiger partial charge >= 0.3 is 0 Å². The van der Waals surface area contributed by atoms with Crippen molar-refractivity contribution in [2.75, 3.05) is 0 Å². The SMILES string of the molecule is Clc1cccc(-c2[nH]c(-c3cccc(Oc4ccccc4)c3)nc2-c2ccccc2)c1Cl. The summed E-state index contributed by atoms with van der Waals surface area (Å²) in [6.07, 6.45) is 0. The minimum Gasteiger partial charge on any atom is -0.457 e. The van der Waals surface area contributed by atoms with Crippen LogP contribution in [0.25, 0.3) is 33.9 Å². The Morgan fingerprint density at radius 1 is 0.656 bits per heavy atom. The molecule has 1 N–H and O–H groups in total. The lowest BCUT2D eigenvalue weighted by molar-refractivity contribution is 0.483. The zero-order valence-electron chi connectivity index (χ0n) is 16.9. The molecule has 32 heavy (non-hydrogen) atoms. The summed E-state index contributed by atoms with van der Waals surface area (Å²) in [5.74, 6) is 2.22. The maximum Gasteiger partial charge on any atom is 0.138 e. The number of ether oxygens (including phenoxy) is 1. The molecule has 1 heterocycles. The van der Waals surface area contributed by atoms with Gasteiger partial charge in [0.15, 0.2) is 0 Å². The van der Waals surface area contributed by atoms with Crippen molar-refractivity contribution in [3.8, 4) is 45.4 Å². The van der Waals surface area contributed by atoms with Crippen molar-refractivity contribution in [1.82, 2.24) is 9.97 Å². The van der Waals surface area contributed by atoms with Crippen molar-refractivity contribution < 1.29 is 4.74 Å². The van der Waals surface area contributed by atoms with Crippen LogP contribution in [0.15, 0.2) is 103 Å². The molecule has 4 aromatic carbocycles. The quantitative estimate of drug-likeness (QED) is 0.287. The van der Waals surface area contributed by atoms with E-state index in [-0.39, 0.29) is 0 Å². The highest BCUT2D eigenvalue weighted by Crippen LogP contribution is 2.39. The van der Waals surface area contributed by atoms with Gasteiger partial charge in [0.25, 0.3) is 0 Å². The molecule has 0 bridgehead atoms. The lowest BCUT2D eigenvalue weighted by Gasteiger charge is -2.07. The van der Waals surface area contributed by atoms with Crippen LogP contribution in [0, 0.1) is 0 Å². The lowest BCUT2D eigenvalue weighted by atomic mass is 10.1. The molecule has 0 amide bonds. The second kappa shape index (κ2) is 8.91. The van der Waals surface area contributed by atoms with Gasteiger partial charge in [-0.25, -0.2) is 4.98 Å². The van der Waals surface area contributed by atoms with E-state index in [4.69, 9.17) is 32.9 Å². The number of aromatic amines is 1. The van der Waals surface area contributed by atoms with Crippen LogP contribution in [0.5, 0.6) is 11.5 Å². The van der Waals surface area contributed by atoms with E-state index in [1.54, 1.807) is 6.07 Å². The number of halogens is 2. The number of H-pyrrole nitrogens is 1. The van der Waals surface area contributed by atoms with Crippen molar-refractivity contribution in [3.63, 3.8) is 0 Å². The van der Waals surface area contributed by atoms with Gasteiger partial charge < -0.3 is 9.72 Å². The summed E-state index contributed by atoms with van der Waals surface area (Å²) in [6, 6.07) is 33.1. The molecule has 5 rings (SSSR count). The Labute approximate surface area is 196 Å². The molecule has 156 valence electrons. The Hall–Kier alpha value is -3.53. The molecule has 5 aromatic rings. The zero-order chi connectivity index (χ0) is 21.9. The molecular weight excluding hydrogens is 439 g/mol. The third kappa shape index (κ3) is 4.13. The number of aromatic nitrogens is 2. The van der Waals surface area contributed by atoms with E-state index >= 15 is 0 Å². The van der Waals surface area contributed by atoms with Gasteiger partial charge in [-0.2, -0.15) is 0 Å². The van der Waals surface area contributed by atoms with Crippen LogP contribution >= 0.6 is 23.2 Å². The fourth-order valence-electron chi connectivity index (χ4n) is 3.54. The van der Waals surface area contributed by atoms with Crippen molar-refractivity contribution in [1.29, 1.82) is 0 Å². The number of nitrogens with one attached hydrogen (secondary N) is 1. The van der Waals surface area contributed by atoms with Crippen LogP contribution in [0.2, 0.25) is 10.0 Å². The number of benzene rings is 4. The first-order valence-electron chi connectivity index (χ1n) is 10.1. The van der Waals surface area contributed by atoms with E-state index < -0.39 is 0 Å². The molecule has 0 radical (unpaired) electrons. The standard InChI is InChI=1S/C27H18Cl2N2O/c28-23-16-8-15-22(24(23)29)26-25(18-9-3-1-4-10-18)30-27(31-26)19-11-7-14-21(17-19)32-20-12-5-2-6-13-20/h1-17H,(H,30,31). The van der Waals surface area contributed by atoms with Crippen LogP contribution in [0.3, 0.4) is 0 Å². The molecule has 0 aliphatic heterocycles. The van der Waals surface area contributed by atoms with Crippen LogP contribution in [-0.4, -0.2) is 9.97 Å². The van der Waals surface area contributed by atoms with E-state index in [0.29, 0.717) is 15.9 Å². The predicted octanol–water partition coefficient (Wildman–Crippen LogP) is 8.51. The number of rotatable bonds is 5. The molecule has 3 nitrogen and oxygen atoms in total. The van der Waals surface area contributed by atoms with Gasteiger partial charge in [0.2, 0.25) is 0 Å². The molecule has 5 heteroatoms. The molecule has 0 saturated carbocycles. The monoisotopic (exact) mass is 456 g/mol. The first-order chi connectivity index (χ1) is 15.7. The summed E-state index contributed by atoms with van der Waals surface area (Å²) in [5.41, 5.74) is 4.30. The second-order valence-electron chi connectivity index (χ2n) is 7.22. The number of nitrogens with zero attached hydrogens (tertiary/aromatic N) is 1. The van der Waals surface area contributed by atoms with Gasteiger partial charge in [-0.05, 0) is 30.3 Å². The summed E-state index contributed by atoms with van der Waals surface area (Å²) in [4.78, 5) is 8.40. The Kier molecular flexibility index (Phi) is 5.68. The third-order valence-electron chi connectivity index (χ3n) is 5.06. The third-order valence-corrected chi connectivity index (χ3v) is 5.88. The van der Waals surface area contributed by atoms with Crippen molar-refractivity contribution in [2.45, 2.75) is 0 Å². The minimum absolute atomic E-state index is 0.489. The summed E-state index contributed by atoms with van der Waals surface area (Å²) >= 11 is 12.9. The van der Waals surface area contributed by atoms with Crippen LogP contribution in [-0.2, 0) is 0 Å². The van der Waals surface area contributed by atoms with E-state index in [1.165, 1.54) is 0 Å². The highest BCUT2D eigenvalue weighted by Gasteiger charge is 2.18. The highest BCUT2D eigenvalue weighted by molar-refractivity contribution is 6.43. The fourth-order valence-corrected chi connectivity index (χ4v) is 3.93. The first-order valence-corrected chi connectivity index (χ1v) is 10.9. The van der Waals surface area contributed by atoms with Gasteiger partial charge in [-0.3, -0.25) is 0 Å². The number of hydrogen-bond acceptors (Lipinski definition) is 2. The van der Waals surface area contributed by atoms with Gasteiger partial charge in [-0.15, -0.1) is 0 Å². The molecule has 0 aliphatic carbocycles. The van der Waals surface area contributed by atoms with Gasteiger partial charge in [0, 0.05) is 16.7 Å². The normalized spacial score (nSPS) is 10.8. The van der Waals surface area contributed by atoms with Crippen LogP contribution in [0.1, 0.15) is 0 Å². The maximum atomic E-state index is 6.56. The van der Waals surface area contributed by atoms with Crippen molar-refractivity contribution in [2.24, 2.45) is 0 Å². The Balaban J connectivity index is 1.61. The van der Waals surface area contributed by atoms with Gasteiger partial charge in [0.1, 0.15) is 17.3 Å². The zero-order valence-corrected chi connectivity index (χ0v) is 18.4. The van der Waals surface area contributed by atoms with Crippen molar-refractivity contribution >= 4 is 23.2 Å². The number of imidazole rings is 1. The predicted molar refractivity (Wildman–Crippen MR) is 131 cm³/mol. The highest BCUT2D eigenvalue weighted by atomic mass is 35.5. The minimum atomic E-state index is 0.489. The topological polar surface area (TPSA) is 37.9 Å². The Morgan fingerprint density at radius 3 is 2.09 bits per heavy atom. The summed E-state index contributed by atoms with van der Waals surface area (Å²) in [7, 11) is 0. The summed E-state index contributed by atoms with van der Waals surface area (Å²) in [5, 5.41) is 0.986. The summed E-state index contributed by atoms with van der Waals surface area (Å²) in [6.45, 7) is 0. The maximum absolute atomic E-state index is 6.56. The van der Waals surface area contributed by atoms with Crippen molar-refractivity contribution in [3.05, 3.63) is 113 Å². The smallest absolute Gasteiger partial charge is 0.138 e. The average molecular weight is 457 g/mol. The Bertz CT molecular complexity index is 1370. The van der Waals surface area contributed by atoms with E-state index in [1.807, 2.05) is 97.1 Å². The molecule has 0 fully saturated rings. The molecule has 0 spiro atoms. The van der Waals surface area contributed by atoms with Crippen LogP contribution < -0.4 is 4.74 Å². The largest absolute Gasteiger partial charge is 0.457 e. The number of hydrogen-bond donors (Lipinski definition) is 1. The Morgan fingerprint density at radius 2 is 1.31 bits per heavy atom. The first kappa shape index (κ1) is 20.4.